The molecule has 2 rings (SSSR count). The Kier molecular flexibility index (Phi) is 5.58. The Labute approximate surface area is 128 Å². The van der Waals surface area contributed by atoms with E-state index in [0.717, 1.165) is 24.9 Å². The van der Waals surface area contributed by atoms with Crippen molar-refractivity contribution in [3.8, 4) is 0 Å². The Balaban J connectivity index is 2.21. The summed E-state index contributed by atoms with van der Waals surface area (Å²) in [6.07, 6.45) is 1.94. The normalized spacial score (nSPS) is 12.6. The average Bonchev–Trinajstić information content (AvgIpc) is 2.86. The third-order valence-corrected chi connectivity index (χ3v) is 4.84. The van der Waals surface area contributed by atoms with E-state index in [1.54, 1.807) is 6.07 Å². The van der Waals surface area contributed by atoms with Crippen LogP contribution >= 0.6 is 22.9 Å². The van der Waals surface area contributed by atoms with Crippen LogP contribution in [0.2, 0.25) is 5.02 Å². The quantitative estimate of drug-likeness (QED) is 0.792. The van der Waals surface area contributed by atoms with Crippen molar-refractivity contribution in [2.45, 2.75) is 32.7 Å². The fourth-order valence-corrected chi connectivity index (χ4v) is 3.55. The maximum atomic E-state index is 13.2. The molecular formula is C16H19ClFNS. The molecule has 20 heavy (non-hydrogen) atoms. The van der Waals surface area contributed by atoms with Crippen LogP contribution in [0.5, 0.6) is 0 Å². The molecule has 0 aliphatic heterocycles. The topological polar surface area (TPSA) is 12.0 Å². The Hall–Kier alpha value is -0.900. The van der Waals surface area contributed by atoms with Gasteiger partial charge in [0.05, 0.1) is 0 Å². The van der Waals surface area contributed by atoms with Gasteiger partial charge in [0.15, 0.2) is 0 Å². The van der Waals surface area contributed by atoms with E-state index in [1.165, 1.54) is 21.9 Å². The maximum absolute atomic E-state index is 13.2. The van der Waals surface area contributed by atoms with E-state index in [9.17, 15) is 4.39 Å². The van der Waals surface area contributed by atoms with Crippen LogP contribution in [-0.4, -0.2) is 6.54 Å². The van der Waals surface area contributed by atoms with Crippen molar-refractivity contribution in [3.05, 3.63) is 56.5 Å². The van der Waals surface area contributed by atoms with Crippen molar-refractivity contribution < 1.29 is 4.39 Å². The molecule has 1 N–H and O–H groups in total. The maximum Gasteiger partial charge on any atom is 0.124 e. The van der Waals surface area contributed by atoms with E-state index >= 15 is 0 Å². The van der Waals surface area contributed by atoms with Gasteiger partial charge in [0.25, 0.3) is 0 Å². The zero-order valence-corrected chi connectivity index (χ0v) is 13.3. The fourth-order valence-electron chi connectivity index (χ4n) is 2.25. The van der Waals surface area contributed by atoms with E-state index in [0.29, 0.717) is 5.02 Å². The van der Waals surface area contributed by atoms with Crippen molar-refractivity contribution >= 4 is 22.9 Å². The molecule has 1 aromatic heterocycles. The molecule has 0 fully saturated rings. The molecule has 0 aliphatic rings. The van der Waals surface area contributed by atoms with Crippen LogP contribution in [0.1, 0.15) is 35.2 Å². The van der Waals surface area contributed by atoms with Gasteiger partial charge in [0.2, 0.25) is 0 Å². The average molecular weight is 312 g/mol. The first-order chi connectivity index (χ1) is 9.63. The number of halogens is 2. The van der Waals surface area contributed by atoms with Crippen LogP contribution in [0.4, 0.5) is 4.39 Å². The molecule has 0 amide bonds. The highest BCUT2D eigenvalue weighted by molar-refractivity contribution is 7.11. The number of benzene rings is 1. The fraction of sp³-hybridized carbons (Fsp3) is 0.375. The predicted molar refractivity (Wildman–Crippen MR) is 85.2 cm³/mol. The summed E-state index contributed by atoms with van der Waals surface area (Å²) >= 11 is 8.02. The third kappa shape index (κ3) is 3.81. The van der Waals surface area contributed by atoms with E-state index in [2.05, 4.69) is 31.3 Å². The zero-order valence-electron chi connectivity index (χ0n) is 11.7. The summed E-state index contributed by atoms with van der Waals surface area (Å²) in [5, 5.41) is 3.92. The number of likely N-dealkylation sites (N-methyl/N-ethyl adjacent to an activating group) is 1. The number of hydrogen-bond donors (Lipinski definition) is 1. The summed E-state index contributed by atoms with van der Waals surface area (Å²) in [7, 11) is 0. The van der Waals surface area contributed by atoms with E-state index < -0.39 is 0 Å². The van der Waals surface area contributed by atoms with Gasteiger partial charge in [-0.1, -0.05) is 31.5 Å². The van der Waals surface area contributed by atoms with Gasteiger partial charge in [-0.3, -0.25) is 0 Å². The van der Waals surface area contributed by atoms with E-state index in [-0.39, 0.29) is 11.9 Å². The van der Waals surface area contributed by atoms with Crippen molar-refractivity contribution in [2.24, 2.45) is 0 Å². The second-order valence-corrected chi connectivity index (χ2v) is 6.36. The Morgan fingerprint density at radius 2 is 1.95 bits per heavy atom. The van der Waals surface area contributed by atoms with Crippen molar-refractivity contribution in [1.82, 2.24) is 5.32 Å². The van der Waals surface area contributed by atoms with Crippen LogP contribution < -0.4 is 5.32 Å². The zero-order chi connectivity index (χ0) is 14.5. The summed E-state index contributed by atoms with van der Waals surface area (Å²) in [5.74, 6) is -0.293. The lowest BCUT2D eigenvalue weighted by Crippen LogP contribution is -2.23. The lowest BCUT2D eigenvalue weighted by atomic mass is 10.0. The minimum atomic E-state index is -0.293. The molecule has 1 nitrogen and oxygen atoms in total. The first-order valence-electron chi connectivity index (χ1n) is 6.90. The summed E-state index contributed by atoms with van der Waals surface area (Å²) in [6.45, 7) is 5.08. The Morgan fingerprint density at radius 3 is 2.55 bits per heavy atom. The minimum Gasteiger partial charge on any atom is -0.310 e. The molecule has 0 aliphatic carbocycles. The molecule has 1 aromatic carbocycles. The molecule has 0 saturated carbocycles. The first-order valence-corrected chi connectivity index (χ1v) is 8.09. The predicted octanol–water partition coefficient (Wildman–Crippen LogP) is 5.00. The molecule has 4 heteroatoms. The van der Waals surface area contributed by atoms with E-state index in [4.69, 9.17) is 11.6 Å². The number of thiophene rings is 1. The Morgan fingerprint density at radius 1 is 1.20 bits per heavy atom. The highest BCUT2D eigenvalue weighted by Crippen LogP contribution is 2.29. The van der Waals surface area contributed by atoms with Gasteiger partial charge in [0.1, 0.15) is 5.82 Å². The van der Waals surface area contributed by atoms with Gasteiger partial charge >= 0.3 is 0 Å². The standard InChI is InChI=1S/C16H19ClFNS/c1-3-12-6-7-13(20-12)10-16(19-4-2)14-8-5-11(18)9-15(14)17/h5-9,16,19H,3-4,10H2,1-2H3. The van der Waals surface area contributed by atoms with Gasteiger partial charge in [-0.25, -0.2) is 4.39 Å². The molecule has 0 saturated heterocycles. The van der Waals surface area contributed by atoms with Gasteiger partial charge in [0, 0.05) is 27.2 Å². The van der Waals surface area contributed by atoms with Crippen molar-refractivity contribution in [3.63, 3.8) is 0 Å². The Bertz CT molecular complexity index is 567. The third-order valence-electron chi connectivity index (χ3n) is 3.26. The summed E-state index contributed by atoms with van der Waals surface area (Å²) in [4.78, 5) is 2.72. The summed E-state index contributed by atoms with van der Waals surface area (Å²) < 4.78 is 13.2. The smallest absolute Gasteiger partial charge is 0.124 e. The highest BCUT2D eigenvalue weighted by Gasteiger charge is 2.16. The lowest BCUT2D eigenvalue weighted by molar-refractivity contribution is 0.551. The number of hydrogen-bond acceptors (Lipinski definition) is 2. The van der Waals surface area contributed by atoms with Crippen LogP contribution in [-0.2, 0) is 12.8 Å². The number of aryl methyl sites for hydroxylation is 1. The molecule has 0 bridgehead atoms. The largest absolute Gasteiger partial charge is 0.310 e. The molecule has 108 valence electrons. The van der Waals surface area contributed by atoms with Gasteiger partial charge < -0.3 is 5.32 Å². The van der Waals surface area contributed by atoms with Crippen LogP contribution in [0.25, 0.3) is 0 Å². The first kappa shape index (κ1) is 15.5. The van der Waals surface area contributed by atoms with Gasteiger partial charge in [-0.15, -0.1) is 11.3 Å². The van der Waals surface area contributed by atoms with Gasteiger partial charge in [-0.2, -0.15) is 0 Å². The SMILES string of the molecule is CCNC(Cc1ccc(CC)s1)c1ccc(F)cc1Cl. The second kappa shape index (κ2) is 7.21. The molecule has 1 unspecified atom stereocenters. The van der Waals surface area contributed by atoms with Crippen LogP contribution in [0.3, 0.4) is 0 Å². The molecule has 0 radical (unpaired) electrons. The van der Waals surface area contributed by atoms with Gasteiger partial charge in [-0.05, 0) is 42.8 Å². The minimum absolute atomic E-state index is 0.122. The lowest BCUT2D eigenvalue weighted by Gasteiger charge is -2.19. The number of nitrogens with one attached hydrogen (secondary N) is 1. The summed E-state index contributed by atoms with van der Waals surface area (Å²) in [5.41, 5.74) is 0.960. The highest BCUT2D eigenvalue weighted by atomic mass is 35.5. The summed E-state index contributed by atoms with van der Waals surface area (Å²) in [6, 6.07) is 9.10. The molecule has 1 heterocycles. The molecule has 1 atom stereocenters. The molecule has 0 spiro atoms. The van der Waals surface area contributed by atoms with Crippen LogP contribution in [0.15, 0.2) is 30.3 Å². The van der Waals surface area contributed by atoms with E-state index in [1.807, 2.05) is 11.3 Å². The van der Waals surface area contributed by atoms with Crippen LogP contribution in [0, 0.1) is 5.82 Å². The second-order valence-electron chi connectivity index (χ2n) is 4.70. The van der Waals surface area contributed by atoms with Crippen molar-refractivity contribution in [1.29, 1.82) is 0 Å². The monoisotopic (exact) mass is 311 g/mol. The molecular weight excluding hydrogens is 293 g/mol. The molecule has 2 aromatic rings. The van der Waals surface area contributed by atoms with Crippen molar-refractivity contribution in [2.75, 3.05) is 6.54 Å². The number of rotatable bonds is 6.